The summed E-state index contributed by atoms with van der Waals surface area (Å²) < 4.78 is 1.56. The van der Waals surface area contributed by atoms with E-state index in [-0.39, 0.29) is 17.3 Å². The van der Waals surface area contributed by atoms with E-state index in [2.05, 4.69) is 22.4 Å². The van der Waals surface area contributed by atoms with Gasteiger partial charge in [-0.1, -0.05) is 36.7 Å². The Morgan fingerprint density at radius 2 is 2.26 bits per heavy atom. The highest BCUT2D eigenvalue weighted by Gasteiger charge is 2.12. The van der Waals surface area contributed by atoms with Gasteiger partial charge in [-0.15, -0.1) is 5.10 Å². The van der Waals surface area contributed by atoms with Crippen LogP contribution in [0.15, 0.2) is 28.2 Å². The number of carbonyl (C=O) groups is 1. The van der Waals surface area contributed by atoms with E-state index in [0.717, 1.165) is 24.1 Å². The Balaban J connectivity index is 1.95. The summed E-state index contributed by atoms with van der Waals surface area (Å²) >= 11 is 7.13. The standard InChI is InChI=1S/C15H19ClN4O2S/c1-3-4-7-20-14(22)18-19-15(20)23-9-13(21)17-12-6-5-11(16)8-10(12)2/h5-6,8H,3-4,7,9H2,1-2H3,(H,17,21)(H,18,22). The quantitative estimate of drug-likeness (QED) is 0.749. The predicted octanol–water partition coefficient (Wildman–Crippen LogP) is 3.06. The lowest BCUT2D eigenvalue weighted by molar-refractivity contribution is -0.113. The van der Waals surface area contributed by atoms with Gasteiger partial charge in [0.1, 0.15) is 0 Å². The van der Waals surface area contributed by atoms with Crippen LogP contribution in [0.25, 0.3) is 0 Å². The summed E-state index contributed by atoms with van der Waals surface area (Å²) in [5, 5.41) is 10.4. The average Bonchev–Trinajstić information content (AvgIpc) is 2.86. The fraction of sp³-hybridized carbons (Fsp3) is 0.400. The number of rotatable bonds is 7. The highest BCUT2D eigenvalue weighted by Crippen LogP contribution is 2.20. The molecule has 23 heavy (non-hydrogen) atoms. The van der Waals surface area contributed by atoms with Crippen molar-refractivity contribution in [3.63, 3.8) is 0 Å². The number of H-pyrrole nitrogens is 1. The Hall–Kier alpha value is -1.73. The van der Waals surface area contributed by atoms with Crippen LogP contribution < -0.4 is 11.0 Å². The monoisotopic (exact) mass is 354 g/mol. The summed E-state index contributed by atoms with van der Waals surface area (Å²) in [5.74, 6) is 0.0243. The van der Waals surface area contributed by atoms with Crippen LogP contribution >= 0.6 is 23.4 Å². The smallest absolute Gasteiger partial charge is 0.325 e. The third kappa shape index (κ3) is 4.87. The zero-order valence-corrected chi connectivity index (χ0v) is 14.6. The second kappa shape index (κ2) is 8.21. The van der Waals surface area contributed by atoms with Gasteiger partial charge in [0.25, 0.3) is 0 Å². The summed E-state index contributed by atoms with van der Waals surface area (Å²) in [6, 6.07) is 5.29. The van der Waals surface area contributed by atoms with Crippen molar-refractivity contribution >= 4 is 35.0 Å². The van der Waals surface area contributed by atoms with E-state index in [1.165, 1.54) is 11.8 Å². The molecule has 0 aliphatic rings. The molecule has 0 saturated heterocycles. The summed E-state index contributed by atoms with van der Waals surface area (Å²) in [6.45, 7) is 4.54. The summed E-state index contributed by atoms with van der Waals surface area (Å²) in [7, 11) is 0. The highest BCUT2D eigenvalue weighted by molar-refractivity contribution is 7.99. The van der Waals surface area contributed by atoms with Crippen LogP contribution in [0.1, 0.15) is 25.3 Å². The fourth-order valence-corrected chi connectivity index (χ4v) is 3.01. The number of hydrogen-bond donors (Lipinski definition) is 2. The number of anilines is 1. The van der Waals surface area contributed by atoms with E-state index in [9.17, 15) is 9.59 Å². The number of thioether (sulfide) groups is 1. The zero-order chi connectivity index (χ0) is 16.8. The molecule has 1 heterocycles. The SMILES string of the molecule is CCCCn1c(SCC(=O)Nc2ccc(Cl)cc2C)n[nH]c1=O. The third-order valence-electron chi connectivity index (χ3n) is 3.25. The van der Waals surface area contributed by atoms with E-state index in [0.29, 0.717) is 16.7 Å². The van der Waals surface area contributed by atoms with Crippen molar-refractivity contribution in [3.05, 3.63) is 39.3 Å². The van der Waals surface area contributed by atoms with Gasteiger partial charge in [0.15, 0.2) is 5.16 Å². The zero-order valence-electron chi connectivity index (χ0n) is 13.1. The lowest BCUT2D eigenvalue weighted by atomic mass is 10.2. The molecule has 0 radical (unpaired) electrons. The van der Waals surface area contributed by atoms with Crippen molar-refractivity contribution in [1.29, 1.82) is 0 Å². The molecule has 0 unspecified atom stereocenters. The predicted molar refractivity (Wildman–Crippen MR) is 93.3 cm³/mol. The van der Waals surface area contributed by atoms with Gasteiger partial charge in [0.05, 0.1) is 5.75 Å². The number of aryl methyl sites for hydroxylation is 1. The van der Waals surface area contributed by atoms with Gasteiger partial charge < -0.3 is 5.32 Å². The highest BCUT2D eigenvalue weighted by atomic mass is 35.5. The van der Waals surface area contributed by atoms with Gasteiger partial charge in [-0.25, -0.2) is 9.89 Å². The number of amides is 1. The third-order valence-corrected chi connectivity index (χ3v) is 4.46. The van der Waals surface area contributed by atoms with Crippen molar-refractivity contribution < 1.29 is 4.79 Å². The molecule has 6 nitrogen and oxygen atoms in total. The minimum atomic E-state index is -0.241. The average molecular weight is 355 g/mol. The Morgan fingerprint density at radius 3 is 2.96 bits per heavy atom. The summed E-state index contributed by atoms with van der Waals surface area (Å²) in [6.07, 6.45) is 1.88. The first-order valence-corrected chi connectivity index (χ1v) is 8.71. The largest absolute Gasteiger partial charge is 0.343 e. The summed E-state index contributed by atoms with van der Waals surface area (Å²) in [5.41, 5.74) is 1.38. The molecule has 2 rings (SSSR count). The topological polar surface area (TPSA) is 79.8 Å². The molecule has 8 heteroatoms. The van der Waals surface area contributed by atoms with E-state index in [1.807, 2.05) is 6.92 Å². The number of aromatic amines is 1. The molecule has 0 spiro atoms. The molecular formula is C15H19ClN4O2S. The maximum Gasteiger partial charge on any atom is 0.343 e. The van der Waals surface area contributed by atoms with Gasteiger partial charge in [-0.2, -0.15) is 0 Å². The van der Waals surface area contributed by atoms with E-state index in [1.54, 1.807) is 22.8 Å². The minimum absolute atomic E-state index is 0.155. The van der Waals surface area contributed by atoms with E-state index < -0.39 is 0 Å². The van der Waals surface area contributed by atoms with Gasteiger partial charge in [-0.3, -0.25) is 9.36 Å². The Labute approximate surface area is 143 Å². The van der Waals surface area contributed by atoms with Crippen molar-refractivity contribution in [1.82, 2.24) is 14.8 Å². The van der Waals surface area contributed by atoms with Crippen LogP contribution in [0.3, 0.4) is 0 Å². The number of aromatic nitrogens is 3. The Bertz CT molecular complexity index is 741. The minimum Gasteiger partial charge on any atom is -0.325 e. The molecule has 2 N–H and O–H groups in total. The maximum atomic E-state index is 12.1. The molecule has 0 aliphatic heterocycles. The number of hydrogen-bond acceptors (Lipinski definition) is 4. The van der Waals surface area contributed by atoms with E-state index in [4.69, 9.17) is 11.6 Å². The number of halogens is 1. The van der Waals surface area contributed by atoms with Crippen LogP contribution in [0.4, 0.5) is 5.69 Å². The van der Waals surface area contributed by atoms with Crippen LogP contribution in [0, 0.1) is 6.92 Å². The molecular weight excluding hydrogens is 336 g/mol. The number of nitrogens with one attached hydrogen (secondary N) is 2. The first kappa shape index (κ1) is 17.6. The van der Waals surface area contributed by atoms with Crippen molar-refractivity contribution in [2.45, 2.75) is 38.4 Å². The number of benzene rings is 1. The Kier molecular flexibility index (Phi) is 6.29. The molecule has 0 aliphatic carbocycles. The van der Waals surface area contributed by atoms with Crippen molar-refractivity contribution in [3.8, 4) is 0 Å². The molecule has 1 aromatic heterocycles. The number of unbranched alkanes of at least 4 members (excludes halogenated alkanes) is 1. The first-order valence-electron chi connectivity index (χ1n) is 7.35. The normalized spacial score (nSPS) is 10.7. The van der Waals surface area contributed by atoms with Crippen LogP contribution in [-0.2, 0) is 11.3 Å². The molecule has 0 fully saturated rings. The second-order valence-electron chi connectivity index (χ2n) is 5.11. The molecule has 1 aromatic carbocycles. The number of nitrogens with zero attached hydrogens (tertiary/aromatic N) is 2. The van der Waals surface area contributed by atoms with Gasteiger partial charge >= 0.3 is 5.69 Å². The molecule has 0 atom stereocenters. The van der Waals surface area contributed by atoms with Crippen LogP contribution in [0.5, 0.6) is 0 Å². The molecule has 2 aromatic rings. The van der Waals surface area contributed by atoms with Gasteiger partial charge in [0, 0.05) is 17.3 Å². The second-order valence-corrected chi connectivity index (χ2v) is 6.49. The van der Waals surface area contributed by atoms with E-state index >= 15 is 0 Å². The Morgan fingerprint density at radius 1 is 1.48 bits per heavy atom. The van der Waals surface area contributed by atoms with Crippen LogP contribution in [0.2, 0.25) is 5.02 Å². The molecule has 0 saturated carbocycles. The maximum absolute atomic E-state index is 12.1. The van der Waals surface area contributed by atoms with Gasteiger partial charge in [0.2, 0.25) is 5.91 Å². The lowest BCUT2D eigenvalue weighted by Crippen LogP contribution is -2.19. The van der Waals surface area contributed by atoms with Gasteiger partial charge in [-0.05, 0) is 37.1 Å². The van der Waals surface area contributed by atoms with Crippen molar-refractivity contribution in [2.75, 3.05) is 11.1 Å². The number of carbonyl (C=O) groups excluding carboxylic acids is 1. The van der Waals surface area contributed by atoms with Crippen molar-refractivity contribution in [2.24, 2.45) is 0 Å². The first-order chi connectivity index (χ1) is 11.0. The fourth-order valence-electron chi connectivity index (χ4n) is 2.01. The van der Waals surface area contributed by atoms with Crippen LogP contribution in [-0.4, -0.2) is 26.4 Å². The lowest BCUT2D eigenvalue weighted by Gasteiger charge is -2.08. The molecule has 124 valence electrons. The molecule has 0 bridgehead atoms. The summed E-state index contributed by atoms with van der Waals surface area (Å²) in [4.78, 5) is 23.7. The molecule has 1 amide bonds.